The average Bonchev–Trinajstić information content (AvgIpc) is 3.35. The highest BCUT2D eigenvalue weighted by molar-refractivity contribution is 5.44. The van der Waals surface area contributed by atoms with Crippen LogP contribution in [0.25, 0.3) is 5.69 Å². The highest BCUT2D eigenvalue weighted by Crippen LogP contribution is 2.38. The summed E-state index contributed by atoms with van der Waals surface area (Å²) in [5, 5.41) is 7.91. The largest absolute Gasteiger partial charge is 0.366 e. The molecule has 1 aromatic carbocycles. The van der Waals surface area contributed by atoms with Crippen LogP contribution in [0.1, 0.15) is 35.8 Å². The monoisotopic (exact) mass is 305 g/mol. The van der Waals surface area contributed by atoms with Gasteiger partial charge in [-0.2, -0.15) is 5.10 Å². The molecule has 1 saturated carbocycles. The molecule has 0 radical (unpaired) electrons. The minimum atomic E-state index is 0.566. The molecule has 116 valence electrons. The lowest BCUT2D eigenvalue weighted by Crippen LogP contribution is -2.07. The summed E-state index contributed by atoms with van der Waals surface area (Å²) < 4.78 is 1.92. The zero-order chi connectivity index (χ0) is 15.6. The zero-order valence-corrected chi connectivity index (χ0v) is 13.1. The molecule has 5 nitrogen and oxygen atoms in total. The van der Waals surface area contributed by atoms with Crippen molar-refractivity contribution in [2.75, 3.05) is 5.32 Å². The molecule has 23 heavy (non-hydrogen) atoms. The number of hydrogen-bond donors (Lipinski definition) is 1. The fourth-order valence-corrected chi connectivity index (χ4v) is 2.63. The van der Waals surface area contributed by atoms with Crippen LogP contribution in [0.2, 0.25) is 0 Å². The molecule has 0 unspecified atom stereocenters. The number of para-hydroxylation sites is 1. The molecular weight excluding hydrogens is 286 g/mol. The normalized spacial score (nSPS) is 14.0. The standard InChI is InChI=1S/C18H19N5/c1-13-9-11-23(22-13)16-5-3-2-4-15(16)12-20-17-8-10-19-18(21-17)14-6-7-14/h2-5,8-11,14H,6-7,12H2,1H3,(H,19,20,21). The van der Waals surface area contributed by atoms with Crippen LogP contribution in [0.3, 0.4) is 0 Å². The van der Waals surface area contributed by atoms with Gasteiger partial charge in [0.2, 0.25) is 0 Å². The van der Waals surface area contributed by atoms with Gasteiger partial charge in [0.15, 0.2) is 0 Å². The molecule has 0 atom stereocenters. The molecule has 4 rings (SSSR count). The maximum absolute atomic E-state index is 4.61. The third-order valence-corrected chi connectivity index (χ3v) is 4.04. The number of hydrogen-bond acceptors (Lipinski definition) is 4. The van der Waals surface area contributed by atoms with E-state index in [2.05, 4.69) is 32.5 Å². The van der Waals surface area contributed by atoms with E-state index in [-0.39, 0.29) is 0 Å². The summed E-state index contributed by atoms with van der Waals surface area (Å²) in [5.74, 6) is 2.41. The van der Waals surface area contributed by atoms with Crippen LogP contribution in [0.5, 0.6) is 0 Å². The minimum Gasteiger partial charge on any atom is -0.366 e. The number of benzene rings is 1. The van der Waals surface area contributed by atoms with E-state index >= 15 is 0 Å². The Labute approximate surface area is 135 Å². The third kappa shape index (κ3) is 3.08. The molecule has 1 fully saturated rings. The van der Waals surface area contributed by atoms with Crippen LogP contribution in [-0.4, -0.2) is 19.7 Å². The lowest BCUT2D eigenvalue weighted by Gasteiger charge is -2.11. The molecule has 2 aromatic heterocycles. The van der Waals surface area contributed by atoms with Gasteiger partial charge in [-0.15, -0.1) is 0 Å². The van der Waals surface area contributed by atoms with Gasteiger partial charge in [-0.3, -0.25) is 0 Å². The van der Waals surface area contributed by atoms with E-state index in [1.807, 2.05) is 48.3 Å². The topological polar surface area (TPSA) is 55.6 Å². The van der Waals surface area contributed by atoms with E-state index in [4.69, 9.17) is 0 Å². The smallest absolute Gasteiger partial charge is 0.133 e. The molecular formula is C18H19N5. The fourth-order valence-electron chi connectivity index (χ4n) is 2.63. The maximum atomic E-state index is 4.61. The summed E-state index contributed by atoms with van der Waals surface area (Å²) in [6, 6.07) is 12.2. The van der Waals surface area contributed by atoms with Crippen molar-refractivity contribution in [1.82, 2.24) is 19.7 Å². The fraction of sp³-hybridized carbons (Fsp3) is 0.278. The second kappa shape index (κ2) is 5.83. The number of anilines is 1. The van der Waals surface area contributed by atoms with Crippen molar-refractivity contribution in [2.45, 2.75) is 32.2 Å². The van der Waals surface area contributed by atoms with Crippen molar-refractivity contribution in [3.05, 3.63) is 65.9 Å². The Bertz CT molecular complexity index is 820. The van der Waals surface area contributed by atoms with Gasteiger partial charge in [-0.25, -0.2) is 14.6 Å². The van der Waals surface area contributed by atoms with Crippen molar-refractivity contribution >= 4 is 5.82 Å². The van der Waals surface area contributed by atoms with Crippen LogP contribution in [0, 0.1) is 6.92 Å². The van der Waals surface area contributed by atoms with E-state index in [0.717, 1.165) is 23.0 Å². The Balaban J connectivity index is 1.54. The molecule has 1 aliphatic carbocycles. The van der Waals surface area contributed by atoms with E-state index in [1.165, 1.54) is 18.4 Å². The summed E-state index contributed by atoms with van der Waals surface area (Å²) in [6.45, 7) is 2.70. The Hall–Kier alpha value is -2.69. The Kier molecular flexibility index (Phi) is 3.54. The number of nitrogens with one attached hydrogen (secondary N) is 1. The first-order chi connectivity index (χ1) is 11.3. The van der Waals surface area contributed by atoms with Gasteiger partial charge in [0.25, 0.3) is 0 Å². The van der Waals surface area contributed by atoms with E-state index in [1.54, 1.807) is 0 Å². The van der Waals surface area contributed by atoms with E-state index in [9.17, 15) is 0 Å². The summed E-state index contributed by atoms with van der Waals surface area (Å²) in [7, 11) is 0. The van der Waals surface area contributed by atoms with Crippen molar-refractivity contribution in [2.24, 2.45) is 0 Å². The highest BCUT2D eigenvalue weighted by atomic mass is 15.3. The van der Waals surface area contributed by atoms with Crippen LogP contribution in [0.4, 0.5) is 5.82 Å². The molecule has 0 amide bonds. The second-order valence-electron chi connectivity index (χ2n) is 5.96. The van der Waals surface area contributed by atoms with Gasteiger partial charge in [-0.05, 0) is 43.5 Å². The molecule has 0 spiro atoms. The van der Waals surface area contributed by atoms with Gasteiger partial charge in [-0.1, -0.05) is 18.2 Å². The van der Waals surface area contributed by atoms with Crippen LogP contribution < -0.4 is 5.32 Å². The Morgan fingerprint density at radius 1 is 1.17 bits per heavy atom. The molecule has 3 aromatic rings. The summed E-state index contributed by atoms with van der Waals surface area (Å²) in [5.41, 5.74) is 3.28. The Morgan fingerprint density at radius 3 is 2.83 bits per heavy atom. The summed E-state index contributed by atoms with van der Waals surface area (Å²) in [6.07, 6.45) is 6.26. The highest BCUT2D eigenvalue weighted by Gasteiger charge is 2.26. The van der Waals surface area contributed by atoms with Crippen molar-refractivity contribution < 1.29 is 0 Å². The number of aromatic nitrogens is 4. The van der Waals surface area contributed by atoms with Gasteiger partial charge < -0.3 is 5.32 Å². The first-order valence-corrected chi connectivity index (χ1v) is 7.97. The lowest BCUT2D eigenvalue weighted by molar-refractivity contribution is 0.847. The van der Waals surface area contributed by atoms with Crippen LogP contribution >= 0.6 is 0 Å². The first-order valence-electron chi connectivity index (χ1n) is 7.97. The van der Waals surface area contributed by atoms with E-state index in [0.29, 0.717) is 12.5 Å². The molecule has 0 saturated heterocycles. The molecule has 5 heteroatoms. The van der Waals surface area contributed by atoms with E-state index < -0.39 is 0 Å². The average molecular weight is 305 g/mol. The molecule has 0 bridgehead atoms. The van der Waals surface area contributed by atoms with Gasteiger partial charge in [0, 0.05) is 24.9 Å². The predicted octanol–water partition coefficient (Wildman–Crippen LogP) is 3.46. The second-order valence-corrected chi connectivity index (χ2v) is 5.96. The lowest BCUT2D eigenvalue weighted by atomic mass is 10.2. The van der Waals surface area contributed by atoms with Gasteiger partial charge in [0.05, 0.1) is 11.4 Å². The first kappa shape index (κ1) is 13.9. The van der Waals surface area contributed by atoms with Gasteiger partial charge in [0.1, 0.15) is 11.6 Å². The number of aryl methyl sites for hydroxylation is 1. The molecule has 2 heterocycles. The quantitative estimate of drug-likeness (QED) is 0.784. The van der Waals surface area contributed by atoms with Crippen LogP contribution in [0.15, 0.2) is 48.8 Å². The van der Waals surface area contributed by atoms with Crippen LogP contribution in [-0.2, 0) is 6.54 Å². The third-order valence-electron chi connectivity index (χ3n) is 4.04. The maximum Gasteiger partial charge on any atom is 0.133 e. The predicted molar refractivity (Wildman–Crippen MR) is 89.6 cm³/mol. The number of nitrogens with zero attached hydrogens (tertiary/aromatic N) is 4. The summed E-state index contributed by atoms with van der Waals surface area (Å²) >= 11 is 0. The molecule has 0 aliphatic heterocycles. The van der Waals surface area contributed by atoms with Crippen molar-refractivity contribution in [1.29, 1.82) is 0 Å². The number of rotatable bonds is 5. The SMILES string of the molecule is Cc1ccn(-c2ccccc2CNc2ccnc(C3CC3)n2)n1. The minimum absolute atomic E-state index is 0.566. The van der Waals surface area contributed by atoms with Gasteiger partial charge >= 0.3 is 0 Å². The summed E-state index contributed by atoms with van der Waals surface area (Å²) in [4.78, 5) is 8.97. The zero-order valence-electron chi connectivity index (χ0n) is 13.1. The van der Waals surface area contributed by atoms with Crippen molar-refractivity contribution in [3.8, 4) is 5.69 Å². The Morgan fingerprint density at radius 2 is 2.04 bits per heavy atom. The van der Waals surface area contributed by atoms with Crippen molar-refractivity contribution in [3.63, 3.8) is 0 Å². The molecule has 1 aliphatic rings. The molecule has 1 N–H and O–H groups in total.